The Bertz CT molecular complexity index is 235. The predicted molar refractivity (Wildman–Crippen MR) is 44.7 cm³/mol. The van der Waals surface area contributed by atoms with Crippen molar-refractivity contribution in [1.82, 2.24) is 10.4 Å². The molecule has 60 valence electrons. The lowest BCUT2D eigenvalue weighted by molar-refractivity contribution is 0.586. The van der Waals surface area contributed by atoms with E-state index >= 15 is 0 Å². The van der Waals surface area contributed by atoms with E-state index in [0.29, 0.717) is 0 Å². The van der Waals surface area contributed by atoms with Crippen LogP contribution in [0.25, 0.3) is 0 Å². The van der Waals surface area contributed by atoms with Crippen molar-refractivity contribution in [1.29, 1.82) is 0 Å². The molecule has 1 unspecified atom stereocenters. The number of hydrazine groups is 1. The van der Waals surface area contributed by atoms with Crippen molar-refractivity contribution in [2.45, 2.75) is 19.9 Å². The van der Waals surface area contributed by atoms with Crippen LogP contribution in [0, 0.1) is 6.92 Å². The van der Waals surface area contributed by atoms with Crippen molar-refractivity contribution in [2.24, 2.45) is 5.84 Å². The summed E-state index contributed by atoms with van der Waals surface area (Å²) >= 11 is 0. The summed E-state index contributed by atoms with van der Waals surface area (Å²) in [5.74, 6) is 5.26. The summed E-state index contributed by atoms with van der Waals surface area (Å²) in [6.45, 7) is 4.01. The van der Waals surface area contributed by atoms with Crippen LogP contribution in [0.3, 0.4) is 0 Å². The SMILES string of the molecule is Cc1ccnc(C(C)NN)c1. The average molecular weight is 151 g/mol. The largest absolute Gasteiger partial charge is 0.271 e. The number of rotatable bonds is 2. The number of aryl methyl sites for hydroxylation is 1. The zero-order valence-corrected chi connectivity index (χ0v) is 6.83. The quantitative estimate of drug-likeness (QED) is 0.488. The van der Waals surface area contributed by atoms with E-state index in [9.17, 15) is 0 Å². The number of nitrogens with zero attached hydrogens (tertiary/aromatic N) is 1. The highest BCUT2D eigenvalue weighted by Gasteiger charge is 2.02. The zero-order valence-electron chi connectivity index (χ0n) is 6.83. The first-order valence-corrected chi connectivity index (χ1v) is 3.62. The van der Waals surface area contributed by atoms with E-state index in [1.165, 1.54) is 5.56 Å². The van der Waals surface area contributed by atoms with Gasteiger partial charge in [0.15, 0.2) is 0 Å². The Morgan fingerprint density at radius 2 is 2.36 bits per heavy atom. The lowest BCUT2D eigenvalue weighted by atomic mass is 10.2. The Hall–Kier alpha value is -0.930. The van der Waals surface area contributed by atoms with Gasteiger partial charge in [0, 0.05) is 6.20 Å². The molecular formula is C8H13N3. The zero-order chi connectivity index (χ0) is 8.27. The molecule has 0 saturated carbocycles. The molecule has 1 atom stereocenters. The first kappa shape index (κ1) is 8.17. The summed E-state index contributed by atoms with van der Waals surface area (Å²) in [6, 6.07) is 4.10. The first-order valence-electron chi connectivity index (χ1n) is 3.62. The summed E-state index contributed by atoms with van der Waals surface area (Å²) in [6.07, 6.45) is 1.79. The van der Waals surface area contributed by atoms with Gasteiger partial charge < -0.3 is 0 Å². The molecule has 3 heteroatoms. The topological polar surface area (TPSA) is 50.9 Å². The van der Waals surface area contributed by atoms with E-state index in [4.69, 9.17) is 5.84 Å². The van der Waals surface area contributed by atoms with E-state index < -0.39 is 0 Å². The van der Waals surface area contributed by atoms with Crippen molar-refractivity contribution in [3.8, 4) is 0 Å². The average Bonchev–Trinajstić information content (AvgIpc) is 2.03. The summed E-state index contributed by atoms with van der Waals surface area (Å²) in [5, 5.41) is 0. The fourth-order valence-corrected chi connectivity index (χ4v) is 0.882. The lowest BCUT2D eigenvalue weighted by Crippen LogP contribution is -2.26. The molecule has 0 aromatic carbocycles. The molecule has 0 radical (unpaired) electrons. The molecular weight excluding hydrogens is 138 g/mol. The molecule has 0 bridgehead atoms. The molecule has 1 aromatic rings. The van der Waals surface area contributed by atoms with E-state index in [-0.39, 0.29) is 6.04 Å². The van der Waals surface area contributed by atoms with Gasteiger partial charge in [-0.2, -0.15) is 0 Å². The van der Waals surface area contributed by atoms with Gasteiger partial charge in [0.1, 0.15) is 0 Å². The van der Waals surface area contributed by atoms with E-state index in [2.05, 4.69) is 10.4 Å². The van der Waals surface area contributed by atoms with Crippen LogP contribution in [0.15, 0.2) is 18.3 Å². The van der Waals surface area contributed by atoms with E-state index in [1.807, 2.05) is 26.0 Å². The number of pyridine rings is 1. The molecule has 3 nitrogen and oxygen atoms in total. The summed E-state index contributed by atoms with van der Waals surface area (Å²) in [5.41, 5.74) is 4.83. The Labute approximate surface area is 66.6 Å². The molecule has 3 N–H and O–H groups in total. The highest BCUT2D eigenvalue weighted by atomic mass is 15.2. The van der Waals surface area contributed by atoms with Gasteiger partial charge in [0.2, 0.25) is 0 Å². The van der Waals surface area contributed by atoms with E-state index in [1.54, 1.807) is 6.20 Å². The number of hydrogen-bond acceptors (Lipinski definition) is 3. The van der Waals surface area contributed by atoms with Crippen LogP contribution in [-0.2, 0) is 0 Å². The molecule has 1 heterocycles. The summed E-state index contributed by atoms with van der Waals surface area (Å²) in [4.78, 5) is 4.17. The van der Waals surface area contributed by atoms with Crippen LogP contribution in [0.1, 0.15) is 24.2 Å². The number of aromatic nitrogens is 1. The second-order valence-electron chi connectivity index (χ2n) is 2.65. The third-order valence-corrected chi connectivity index (χ3v) is 1.63. The molecule has 0 saturated heterocycles. The normalized spacial score (nSPS) is 13.0. The minimum Gasteiger partial charge on any atom is -0.271 e. The lowest BCUT2D eigenvalue weighted by Gasteiger charge is -2.08. The molecule has 1 rings (SSSR count). The van der Waals surface area contributed by atoms with Crippen LogP contribution in [0.2, 0.25) is 0 Å². The fraction of sp³-hybridized carbons (Fsp3) is 0.375. The van der Waals surface area contributed by atoms with Crippen molar-refractivity contribution in [3.05, 3.63) is 29.6 Å². The van der Waals surface area contributed by atoms with Crippen LogP contribution in [0.4, 0.5) is 0 Å². The van der Waals surface area contributed by atoms with Gasteiger partial charge >= 0.3 is 0 Å². The highest BCUT2D eigenvalue weighted by molar-refractivity contribution is 5.16. The van der Waals surface area contributed by atoms with Crippen LogP contribution in [-0.4, -0.2) is 4.98 Å². The van der Waals surface area contributed by atoms with Gasteiger partial charge in [0.25, 0.3) is 0 Å². The molecule has 0 amide bonds. The summed E-state index contributed by atoms with van der Waals surface area (Å²) < 4.78 is 0. The maximum absolute atomic E-state index is 5.26. The third kappa shape index (κ3) is 2.00. The van der Waals surface area contributed by atoms with Gasteiger partial charge in [-0.1, -0.05) is 0 Å². The number of hydrogen-bond donors (Lipinski definition) is 2. The molecule has 1 aromatic heterocycles. The Kier molecular flexibility index (Phi) is 2.57. The third-order valence-electron chi connectivity index (χ3n) is 1.63. The highest BCUT2D eigenvalue weighted by Crippen LogP contribution is 2.08. The second-order valence-corrected chi connectivity index (χ2v) is 2.65. The fourth-order valence-electron chi connectivity index (χ4n) is 0.882. The van der Waals surface area contributed by atoms with Gasteiger partial charge in [-0.25, -0.2) is 0 Å². The maximum atomic E-state index is 5.26. The molecule has 0 fully saturated rings. The molecule has 11 heavy (non-hydrogen) atoms. The molecule has 0 aliphatic rings. The molecule has 0 aliphatic carbocycles. The smallest absolute Gasteiger partial charge is 0.0604 e. The van der Waals surface area contributed by atoms with Crippen LogP contribution >= 0.6 is 0 Å². The predicted octanol–water partition coefficient (Wildman–Crippen LogP) is 0.914. The van der Waals surface area contributed by atoms with Gasteiger partial charge in [-0.3, -0.25) is 16.3 Å². The monoisotopic (exact) mass is 151 g/mol. The van der Waals surface area contributed by atoms with Gasteiger partial charge in [0.05, 0.1) is 11.7 Å². The van der Waals surface area contributed by atoms with Crippen molar-refractivity contribution in [3.63, 3.8) is 0 Å². The minimum atomic E-state index is 0.120. The first-order chi connectivity index (χ1) is 5.24. The van der Waals surface area contributed by atoms with Gasteiger partial charge in [-0.05, 0) is 31.5 Å². The van der Waals surface area contributed by atoms with Gasteiger partial charge in [-0.15, -0.1) is 0 Å². The van der Waals surface area contributed by atoms with Crippen molar-refractivity contribution < 1.29 is 0 Å². The number of nitrogens with one attached hydrogen (secondary N) is 1. The van der Waals surface area contributed by atoms with Crippen molar-refractivity contribution in [2.75, 3.05) is 0 Å². The van der Waals surface area contributed by atoms with Crippen LogP contribution in [0.5, 0.6) is 0 Å². The summed E-state index contributed by atoms with van der Waals surface area (Å²) in [7, 11) is 0. The van der Waals surface area contributed by atoms with E-state index in [0.717, 1.165) is 5.69 Å². The Morgan fingerprint density at radius 1 is 1.64 bits per heavy atom. The van der Waals surface area contributed by atoms with Crippen LogP contribution < -0.4 is 11.3 Å². The maximum Gasteiger partial charge on any atom is 0.0604 e. The molecule has 0 spiro atoms. The van der Waals surface area contributed by atoms with Crippen molar-refractivity contribution >= 4 is 0 Å². The number of nitrogens with two attached hydrogens (primary N) is 1. The Morgan fingerprint density at radius 3 is 2.91 bits per heavy atom. The molecule has 0 aliphatic heterocycles. The standard InChI is InChI=1S/C8H13N3/c1-6-3-4-10-8(5-6)7(2)11-9/h3-5,7,11H,9H2,1-2H3. The minimum absolute atomic E-state index is 0.120. The Balaban J connectivity index is 2.86. The second kappa shape index (κ2) is 3.46.